The molecule has 1 aromatic carbocycles. The maximum Gasteiger partial charge on any atom is 0.341 e. The molecule has 31 heavy (non-hydrogen) atoms. The Kier molecular flexibility index (Phi) is 8.36. The van der Waals surface area contributed by atoms with Gasteiger partial charge in [0.05, 0.1) is 16.6 Å². The van der Waals surface area contributed by atoms with Crippen LogP contribution < -0.4 is 10.1 Å². The monoisotopic (exact) mass is 506 g/mol. The van der Waals surface area contributed by atoms with Crippen molar-refractivity contribution in [1.29, 1.82) is 5.26 Å². The maximum atomic E-state index is 12.7. The molecule has 2 N–H and O–H groups in total. The minimum Gasteiger partial charge on any atom is -0.481 e. The summed E-state index contributed by atoms with van der Waals surface area (Å²) in [4.78, 5) is 36.4. The molecule has 0 spiro atoms. The molecule has 0 aliphatic heterocycles. The van der Waals surface area contributed by atoms with E-state index in [1.807, 2.05) is 13.0 Å². The fourth-order valence-corrected chi connectivity index (χ4v) is 4.07. The summed E-state index contributed by atoms with van der Waals surface area (Å²) in [6, 6.07) is 6.55. The Morgan fingerprint density at radius 2 is 2.03 bits per heavy atom. The Balaban J connectivity index is 2.27. The van der Waals surface area contributed by atoms with Crippen LogP contribution in [-0.4, -0.2) is 36.2 Å². The zero-order valence-electron chi connectivity index (χ0n) is 16.9. The van der Waals surface area contributed by atoms with Gasteiger partial charge >= 0.3 is 11.9 Å². The summed E-state index contributed by atoms with van der Waals surface area (Å²) in [6.45, 7) is 4.98. The molecule has 8 nitrogen and oxygen atoms in total. The molecule has 1 amide bonds. The van der Waals surface area contributed by atoms with Gasteiger partial charge in [-0.15, -0.1) is 11.3 Å². The predicted octanol–water partition coefficient (Wildman–Crippen LogP) is 4.31. The van der Waals surface area contributed by atoms with Gasteiger partial charge in [0.1, 0.15) is 22.4 Å². The first-order chi connectivity index (χ1) is 14.7. The number of aryl methyl sites for hydroxylation is 1. The largest absolute Gasteiger partial charge is 0.481 e. The summed E-state index contributed by atoms with van der Waals surface area (Å²) >= 11 is 4.50. The van der Waals surface area contributed by atoms with Crippen molar-refractivity contribution in [2.24, 2.45) is 0 Å². The van der Waals surface area contributed by atoms with E-state index in [-0.39, 0.29) is 17.7 Å². The number of benzene rings is 1. The number of carbonyl (C=O) groups is 3. The first-order valence-corrected chi connectivity index (χ1v) is 10.6. The van der Waals surface area contributed by atoms with Crippen molar-refractivity contribution in [3.63, 3.8) is 0 Å². The van der Waals surface area contributed by atoms with Gasteiger partial charge in [-0.3, -0.25) is 4.79 Å². The zero-order valence-corrected chi connectivity index (χ0v) is 19.3. The van der Waals surface area contributed by atoms with Gasteiger partial charge in [-0.25, -0.2) is 9.59 Å². The lowest BCUT2D eigenvalue weighted by atomic mass is 10.1. The number of esters is 1. The highest BCUT2D eigenvalue weighted by molar-refractivity contribution is 9.10. The van der Waals surface area contributed by atoms with Crippen molar-refractivity contribution in [3.05, 3.63) is 49.8 Å². The number of nitriles is 1. The second kappa shape index (κ2) is 10.7. The minimum atomic E-state index is -1.11. The summed E-state index contributed by atoms with van der Waals surface area (Å²) in [5, 5.41) is 21.1. The lowest BCUT2D eigenvalue weighted by Gasteiger charge is -2.08. The van der Waals surface area contributed by atoms with Crippen molar-refractivity contribution in [1.82, 2.24) is 0 Å². The lowest BCUT2D eigenvalue weighted by molar-refractivity contribution is -0.139. The van der Waals surface area contributed by atoms with Crippen LogP contribution in [0.25, 0.3) is 6.08 Å². The average Bonchev–Trinajstić information content (AvgIpc) is 2.98. The van der Waals surface area contributed by atoms with E-state index in [1.165, 1.54) is 23.5 Å². The molecule has 0 unspecified atom stereocenters. The van der Waals surface area contributed by atoms with E-state index >= 15 is 0 Å². The molecule has 2 rings (SSSR count). The van der Waals surface area contributed by atoms with Crippen molar-refractivity contribution in [2.45, 2.75) is 20.8 Å². The fourth-order valence-electron chi connectivity index (χ4n) is 2.51. The van der Waals surface area contributed by atoms with Gasteiger partial charge in [0.2, 0.25) is 0 Å². The van der Waals surface area contributed by atoms with E-state index < -0.39 is 24.5 Å². The van der Waals surface area contributed by atoms with E-state index in [0.717, 1.165) is 4.88 Å². The Bertz CT molecular complexity index is 1100. The van der Waals surface area contributed by atoms with Gasteiger partial charge in [-0.2, -0.15) is 5.26 Å². The molecule has 1 aromatic heterocycles. The van der Waals surface area contributed by atoms with Crippen LogP contribution in [0.15, 0.2) is 28.2 Å². The van der Waals surface area contributed by atoms with Crippen LogP contribution in [0.4, 0.5) is 5.00 Å². The number of carboxylic acids is 1. The first kappa shape index (κ1) is 24.1. The van der Waals surface area contributed by atoms with Gasteiger partial charge in [0.25, 0.3) is 5.91 Å². The third kappa shape index (κ3) is 6.16. The van der Waals surface area contributed by atoms with E-state index in [1.54, 1.807) is 26.0 Å². The summed E-state index contributed by atoms with van der Waals surface area (Å²) in [6.07, 6.45) is 1.37. The summed E-state index contributed by atoms with van der Waals surface area (Å²) in [7, 11) is 0. The van der Waals surface area contributed by atoms with Crippen molar-refractivity contribution in [2.75, 3.05) is 18.5 Å². The number of rotatable bonds is 8. The van der Waals surface area contributed by atoms with Crippen LogP contribution in [0.3, 0.4) is 0 Å². The predicted molar refractivity (Wildman–Crippen MR) is 119 cm³/mol. The number of amides is 1. The minimum absolute atomic E-state index is 0.176. The number of hydrogen-bond acceptors (Lipinski definition) is 7. The zero-order chi connectivity index (χ0) is 23.1. The highest BCUT2D eigenvalue weighted by atomic mass is 79.9. The van der Waals surface area contributed by atoms with Crippen molar-refractivity contribution in [3.8, 4) is 11.8 Å². The second-order valence-corrected chi connectivity index (χ2v) is 8.28. The fraction of sp³-hybridized carbons (Fsp3) is 0.238. The first-order valence-electron chi connectivity index (χ1n) is 9.02. The third-order valence-electron chi connectivity index (χ3n) is 4.08. The van der Waals surface area contributed by atoms with Crippen LogP contribution >= 0.6 is 27.3 Å². The van der Waals surface area contributed by atoms with Gasteiger partial charge in [0, 0.05) is 4.88 Å². The molecule has 0 bridgehead atoms. The number of hydrogen-bond donors (Lipinski definition) is 2. The number of ether oxygens (including phenoxy) is 2. The molecule has 0 atom stereocenters. The number of anilines is 1. The summed E-state index contributed by atoms with van der Waals surface area (Å²) in [5.41, 5.74) is 1.33. The molecular weight excluding hydrogens is 488 g/mol. The maximum absolute atomic E-state index is 12.7. The standard InChI is InChI=1S/C21H19BrN2O6S/c1-4-29-21(28)18-11(2)12(3)31-20(18)24-19(27)14(9-23)7-13-5-6-16(15(22)8-13)30-10-17(25)26/h5-8H,4,10H2,1-3H3,(H,24,27)(H,25,26)/b14-7-. The number of carbonyl (C=O) groups excluding carboxylic acids is 2. The Hall–Kier alpha value is -3.16. The Morgan fingerprint density at radius 1 is 1.32 bits per heavy atom. The molecule has 162 valence electrons. The molecule has 0 fully saturated rings. The quantitative estimate of drug-likeness (QED) is 0.310. The van der Waals surface area contributed by atoms with E-state index in [4.69, 9.17) is 14.6 Å². The summed E-state index contributed by atoms with van der Waals surface area (Å²) < 4.78 is 10.7. The number of nitrogens with one attached hydrogen (secondary N) is 1. The number of thiophene rings is 1. The smallest absolute Gasteiger partial charge is 0.341 e. The number of carboxylic acid groups (broad SMARTS) is 1. The second-order valence-electron chi connectivity index (χ2n) is 6.20. The third-order valence-corrected chi connectivity index (χ3v) is 5.82. The Labute approximate surface area is 191 Å². The van der Waals surface area contributed by atoms with Gasteiger partial charge < -0.3 is 19.9 Å². The van der Waals surface area contributed by atoms with Crippen LogP contribution in [0.2, 0.25) is 0 Å². The molecule has 0 radical (unpaired) electrons. The van der Waals surface area contributed by atoms with Crippen LogP contribution in [0, 0.1) is 25.2 Å². The molecule has 0 aliphatic carbocycles. The molecule has 1 heterocycles. The topological polar surface area (TPSA) is 126 Å². The SMILES string of the molecule is CCOC(=O)c1c(NC(=O)/C(C#N)=C\c2ccc(OCC(=O)O)c(Br)c2)sc(C)c1C. The van der Waals surface area contributed by atoms with Crippen molar-refractivity contribution < 1.29 is 29.0 Å². The van der Waals surface area contributed by atoms with Crippen LogP contribution in [0.1, 0.15) is 33.3 Å². The molecule has 2 aromatic rings. The molecule has 0 saturated carbocycles. The average molecular weight is 507 g/mol. The number of halogens is 1. The molecule has 0 saturated heterocycles. The van der Waals surface area contributed by atoms with Gasteiger partial charge in [-0.05, 0) is 66.0 Å². The van der Waals surface area contributed by atoms with Gasteiger partial charge in [0.15, 0.2) is 6.61 Å². The highest BCUT2D eigenvalue weighted by Gasteiger charge is 2.23. The van der Waals surface area contributed by atoms with Gasteiger partial charge in [-0.1, -0.05) is 6.07 Å². The lowest BCUT2D eigenvalue weighted by Crippen LogP contribution is -2.16. The molecule has 10 heteroatoms. The van der Waals surface area contributed by atoms with E-state index in [9.17, 15) is 19.6 Å². The number of nitrogens with zero attached hydrogens (tertiary/aromatic N) is 1. The van der Waals surface area contributed by atoms with E-state index in [2.05, 4.69) is 21.2 Å². The highest BCUT2D eigenvalue weighted by Crippen LogP contribution is 2.33. The summed E-state index contributed by atoms with van der Waals surface area (Å²) in [5.74, 6) is -2.01. The number of aliphatic carboxylic acids is 1. The van der Waals surface area contributed by atoms with E-state index in [0.29, 0.717) is 26.4 Å². The molecular formula is C21H19BrN2O6S. The normalized spacial score (nSPS) is 10.9. The van der Waals surface area contributed by atoms with Crippen molar-refractivity contribution >= 4 is 56.2 Å². The van der Waals surface area contributed by atoms with Crippen LogP contribution in [0.5, 0.6) is 5.75 Å². The van der Waals surface area contributed by atoms with Crippen LogP contribution in [-0.2, 0) is 14.3 Å². The Morgan fingerprint density at radius 3 is 2.61 bits per heavy atom. The molecule has 0 aliphatic rings.